The highest BCUT2D eigenvalue weighted by atomic mass is 127. The number of hydrogen-bond acceptors (Lipinski definition) is 2. The highest BCUT2D eigenvalue weighted by Crippen LogP contribution is 2.11. The summed E-state index contributed by atoms with van der Waals surface area (Å²) in [5, 5.41) is 4.02. The van der Waals surface area contributed by atoms with Crippen molar-refractivity contribution in [3.63, 3.8) is 0 Å². The second-order valence-corrected chi connectivity index (χ2v) is 6.08. The Balaban J connectivity index is 1.95. The zero-order valence-corrected chi connectivity index (χ0v) is 14.2. The van der Waals surface area contributed by atoms with Gasteiger partial charge in [0, 0.05) is 9.13 Å². The van der Waals surface area contributed by atoms with Crippen LogP contribution in [0, 0.1) is 17.4 Å². The molecule has 1 N–H and O–H groups in total. The third kappa shape index (κ3) is 4.67. The molecule has 0 fully saturated rings. The van der Waals surface area contributed by atoms with Gasteiger partial charge in [-0.3, -0.25) is 4.79 Å². The lowest BCUT2D eigenvalue weighted by Crippen LogP contribution is -2.20. The zero-order valence-electron chi connectivity index (χ0n) is 12.1. The Kier molecular flexibility index (Phi) is 5.50. The third-order valence-corrected chi connectivity index (χ3v) is 4.13. The Bertz CT molecular complexity index is 680. The van der Waals surface area contributed by atoms with Crippen molar-refractivity contribution in [2.24, 2.45) is 5.10 Å². The molecule has 21 heavy (non-hydrogen) atoms. The number of nitrogens with zero attached hydrogens (tertiary/aromatic N) is 1. The first-order valence-corrected chi connectivity index (χ1v) is 7.76. The van der Waals surface area contributed by atoms with Gasteiger partial charge in [0.2, 0.25) is 5.91 Å². The number of halogens is 1. The number of amides is 1. The molecule has 4 heteroatoms. The molecule has 1 amide bonds. The molecule has 0 saturated heterocycles. The minimum Gasteiger partial charge on any atom is -0.273 e. The summed E-state index contributed by atoms with van der Waals surface area (Å²) in [5.41, 5.74) is 6.93. The topological polar surface area (TPSA) is 41.5 Å². The molecule has 0 bridgehead atoms. The maximum atomic E-state index is 11.9. The van der Waals surface area contributed by atoms with Gasteiger partial charge in [-0.25, -0.2) is 5.43 Å². The number of hydrogen-bond donors (Lipinski definition) is 1. The molecule has 0 saturated carbocycles. The number of nitrogens with one attached hydrogen (secondary N) is 1. The highest BCUT2D eigenvalue weighted by Gasteiger charge is 2.05. The van der Waals surface area contributed by atoms with Crippen LogP contribution in [0.25, 0.3) is 0 Å². The minimum atomic E-state index is -0.107. The zero-order chi connectivity index (χ0) is 15.2. The van der Waals surface area contributed by atoms with Crippen LogP contribution in [0.15, 0.2) is 47.6 Å². The van der Waals surface area contributed by atoms with E-state index in [0.29, 0.717) is 6.42 Å². The molecule has 0 aliphatic carbocycles. The van der Waals surface area contributed by atoms with Gasteiger partial charge in [-0.1, -0.05) is 42.0 Å². The third-order valence-electron chi connectivity index (χ3n) is 3.15. The van der Waals surface area contributed by atoms with E-state index in [0.717, 1.165) is 20.3 Å². The highest BCUT2D eigenvalue weighted by molar-refractivity contribution is 14.1. The predicted molar refractivity (Wildman–Crippen MR) is 94.5 cm³/mol. The first-order valence-electron chi connectivity index (χ1n) is 6.69. The number of hydrazone groups is 1. The lowest BCUT2D eigenvalue weighted by molar-refractivity contribution is -0.120. The number of benzene rings is 2. The monoisotopic (exact) mass is 392 g/mol. The smallest absolute Gasteiger partial charge is 0.244 e. The average molecular weight is 392 g/mol. The molecule has 0 unspecified atom stereocenters. The standard InChI is InChI=1S/C17H17IN2O/c1-12-7-8-14(13(2)9-12)10-17(21)20-19-11-15-5-3-4-6-16(15)18/h3-9,11H,10H2,1-2H3,(H,20,21)/b19-11+. The molecular formula is C17H17IN2O. The van der Waals surface area contributed by atoms with Crippen molar-refractivity contribution in [2.45, 2.75) is 20.3 Å². The van der Waals surface area contributed by atoms with E-state index in [4.69, 9.17) is 0 Å². The summed E-state index contributed by atoms with van der Waals surface area (Å²) in [7, 11) is 0. The molecule has 0 heterocycles. The van der Waals surface area contributed by atoms with Crippen molar-refractivity contribution in [3.05, 3.63) is 68.3 Å². The summed E-state index contributed by atoms with van der Waals surface area (Å²) < 4.78 is 1.10. The summed E-state index contributed by atoms with van der Waals surface area (Å²) in [5.74, 6) is -0.107. The Hall–Kier alpha value is -1.69. The molecule has 108 valence electrons. The minimum absolute atomic E-state index is 0.107. The second kappa shape index (κ2) is 7.36. The molecule has 0 aromatic heterocycles. The fraction of sp³-hybridized carbons (Fsp3) is 0.176. The molecular weight excluding hydrogens is 375 g/mol. The average Bonchev–Trinajstić information content (AvgIpc) is 2.44. The molecule has 0 radical (unpaired) electrons. The van der Waals surface area contributed by atoms with Crippen LogP contribution in [-0.2, 0) is 11.2 Å². The van der Waals surface area contributed by atoms with Gasteiger partial charge in [0.15, 0.2) is 0 Å². The maximum Gasteiger partial charge on any atom is 0.244 e. The first-order chi connectivity index (χ1) is 10.1. The van der Waals surface area contributed by atoms with E-state index in [2.05, 4.69) is 39.2 Å². The number of carbonyl (C=O) groups is 1. The van der Waals surface area contributed by atoms with Crippen LogP contribution in [0.5, 0.6) is 0 Å². The van der Waals surface area contributed by atoms with Gasteiger partial charge in [0.1, 0.15) is 0 Å². The summed E-state index contributed by atoms with van der Waals surface area (Å²) in [6.07, 6.45) is 2.01. The van der Waals surface area contributed by atoms with Crippen LogP contribution in [0.2, 0.25) is 0 Å². The van der Waals surface area contributed by atoms with Gasteiger partial charge in [-0.2, -0.15) is 5.10 Å². The Morgan fingerprint density at radius 1 is 1.24 bits per heavy atom. The molecule has 0 spiro atoms. The van der Waals surface area contributed by atoms with E-state index >= 15 is 0 Å². The van der Waals surface area contributed by atoms with Gasteiger partial charge in [0.25, 0.3) is 0 Å². The Morgan fingerprint density at radius 3 is 2.71 bits per heavy atom. The Morgan fingerprint density at radius 2 is 2.00 bits per heavy atom. The number of carbonyl (C=O) groups excluding carboxylic acids is 1. The van der Waals surface area contributed by atoms with Gasteiger partial charge in [-0.05, 0) is 53.6 Å². The number of rotatable bonds is 4. The van der Waals surface area contributed by atoms with Crippen molar-refractivity contribution >= 4 is 34.7 Å². The van der Waals surface area contributed by atoms with Gasteiger partial charge >= 0.3 is 0 Å². The van der Waals surface area contributed by atoms with E-state index in [1.54, 1.807) is 6.21 Å². The molecule has 2 aromatic rings. The van der Waals surface area contributed by atoms with Gasteiger partial charge < -0.3 is 0 Å². The fourth-order valence-electron chi connectivity index (χ4n) is 2.01. The van der Waals surface area contributed by atoms with E-state index in [9.17, 15) is 4.79 Å². The summed E-state index contributed by atoms with van der Waals surface area (Å²) >= 11 is 2.24. The van der Waals surface area contributed by atoms with E-state index in [1.165, 1.54) is 5.56 Å². The van der Waals surface area contributed by atoms with E-state index in [-0.39, 0.29) is 5.91 Å². The largest absolute Gasteiger partial charge is 0.273 e. The van der Waals surface area contributed by atoms with Crippen molar-refractivity contribution < 1.29 is 4.79 Å². The van der Waals surface area contributed by atoms with Crippen LogP contribution >= 0.6 is 22.6 Å². The SMILES string of the molecule is Cc1ccc(CC(=O)N/N=C/c2ccccc2I)c(C)c1. The number of aryl methyl sites for hydroxylation is 2. The Labute approximate surface area is 138 Å². The van der Waals surface area contributed by atoms with Crippen molar-refractivity contribution in [1.29, 1.82) is 0 Å². The van der Waals surface area contributed by atoms with Crippen LogP contribution in [0.4, 0.5) is 0 Å². The molecule has 3 nitrogen and oxygen atoms in total. The molecule has 2 aromatic carbocycles. The second-order valence-electron chi connectivity index (χ2n) is 4.92. The molecule has 0 aliphatic heterocycles. The van der Waals surface area contributed by atoms with Crippen LogP contribution in [0.3, 0.4) is 0 Å². The van der Waals surface area contributed by atoms with Crippen molar-refractivity contribution in [2.75, 3.05) is 0 Å². The summed E-state index contributed by atoms with van der Waals surface area (Å²) in [4.78, 5) is 11.9. The first kappa shape index (κ1) is 15.7. The van der Waals surface area contributed by atoms with Crippen LogP contribution < -0.4 is 5.43 Å². The van der Waals surface area contributed by atoms with Crippen LogP contribution in [0.1, 0.15) is 22.3 Å². The normalized spacial score (nSPS) is 10.8. The maximum absolute atomic E-state index is 11.9. The lowest BCUT2D eigenvalue weighted by Gasteiger charge is -2.05. The van der Waals surface area contributed by atoms with Crippen molar-refractivity contribution in [1.82, 2.24) is 5.43 Å². The molecule has 2 rings (SSSR count). The quantitative estimate of drug-likeness (QED) is 0.482. The van der Waals surface area contributed by atoms with Crippen molar-refractivity contribution in [3.8, 4) is 0 Å². The van der Waals surface area contributed by atoms with Crippen LogP contribution in [-0.4, -0.2) is 12.1 Å². The summed E-state index contributed by atoms with van der Waals surface area (Å²) in [6.45, 7) is 4.06. The molecule has 0 aliphatic rings. The lowest BCUT2D eigenvalue weighted by atomic mass is 10.0. The fourth-order valence-corrected chi connectivity index (χ4v) is 2.54. The van der Waals surface area contributed by atoms with Gasteiger partial charge in [-0.15, -0.1) is 0 Å². The van der Waals surface area contributed by atoms with Gasteiger partial charge in [0.05, 0.1) is 12.6 Å². The predicted octanol–water partition coefficient (Wildman–Crippen LogP) is 3.60. The molecule has 0 atom stereocenters. The van der Waals surface area contributed by atoms with E-state index in [1.807, 2.05) is 50.2 Å². The summed E-state index contributed by atoms with van der Waals surface area (Å²) in [6, 6.07) is 14.0. The van der Waals surface area contributed by atoms with E-state index < -0.39 is 0 Å².